The molecule has 1 aliphatic heterocycles. The van der Waals surface area contributed by atoms with Gasteiger partial charge in [-0.05, 0) is 30.0 Å². The van der Waals surface area contributed by atoms with Gasteiger partial charge in [-0.3, -0.25) is 9.59 Å². The van der Waals surface area contributed by atoms with Crippen molar-refractivity contribution in [2.75, 3.05) is 18.0 Å². The maximum absolute atomic E-state index is 13.9. The van der Waals surface area contributed by atoms with E-state index in [0.717, 1.165) is 0 Å². The molecule has 2 aromatic heterocycles. The average molecular weight is 352 g/mol. The van der Waals surface area contributed by atoms with Crippen molar-refractivity contribution in [3.8, 4) is 0 Å². The van der Waals surface area contributed by atoms with Gasteiger partial charge in [0.2, 0.25) is 5.56 Å². The molecule has 3 aromatic rings. The molecule has 1 aliphatic rings. The standard InChI is InChI=1S/C19H17FN4O2/c20-16-5-2-7-21-18(16)24-8-6-13(11-24)23-19(26)14-4-1-3-12-9-17(25)22-10-15(12)14/h1-5,7,9-10,13H,6,8,11H2,(H,22,25)(H,23,26). The molecule has 0 saturated carbocycles. The smallest absolute Gasteiger partial charge is 0.252 e. The lowest BCUT2D eigenvalue weighted by atomic mass is 10.1. The minimum Gasteiger partial charge on any atom is -0.352 e. The molecule has 0 radical (unpaired) electrons. The number of aromatic amines is 1. The summed E-state index contributed by atoms with van der Waals surface area (Å²) in [4.78, 5) is 32.7. The van der Waals surface area contributed by atoms with Gasteiger partial charge in [0.15, 0.2) is 11.6 Å². The van der Waals surface area contributed by atoms with Crippen LogP contribution in [0.3, 0.4) is 0 Å². The Kier molecular flexibility index (Phi) is 4.12. The van der Waals surface area contributed by atoms with Gasteiger partial charge < -0.3 is 15.2 Å². The van der Waals surface area contributed by atoms with Gasteiger partial charge in [-0.1, -0.05) is 12.1 Å². The van der Waals surface area contributed by atoms with Gasteiger partial charge in [0, 0.05) is 48.5 Å². The number of nitrogens with one attached hydrogen (secondary N) is 2. The van der Waals surface area contributed by atoms with Gasteiger partial charge in [0.25, 0.3) is 5.91 Å². The highest BCUT2D eigenvalue weighted by Crippen LogP contribution is 2.22. The molecule has 0 spiro atoms. The van der Waals surface area contributed by atoms with E-state index in [1.807, 2.05) is 4.90 Å². The van der Waals surface area contributed by atoms with Crippen LogP contribution >= 0.6 is 0 Å². The number of benzene rings is 1. The number of carbonyl (C=O) groups is 1. The van der Waals surface area contributed by atoms with Gasteiger partial charge in [0.05, 0.1) is 0 Å². The molecular formula is C19H17FN4O2. The Labute approximate surface area is 148 Å². The molecule has 0 bridgehead atoms. The first-order valence-electron chi connectivity index (χ1n) is 8.39. The summed E-state index contributed by atoms with van der Waals surface area (Å²) in [7, 11) is 0. The van der Waals surface area contributed by atoms with E-state index in [9.17, 15) is 14.0 Å². The number of aromatic nitrogens is 2. The molecule has 1 unspecified atom stereocenters. The van der Waals surface area contributed by atoms with Crippen LogP contribution in [0.5, 0.6) is 0 Å². The fraction of sp³-hybridized carbons (Fsp3) is 0.211. The van der Waals surface area contributed by atoms with Gasteiger partial charge in [-0.2, -0.15) is 0 Å². The molecule has 132 valence electrons. The quantitative estimate of drug-likeness (QED) is 0.756. The second kappa shape index (κ2) is 6.59. The predicted molar refractivity (Wildman–Crippen MR) is 96.8 cm³/mol. The summed E-state index contributed by atoms with van der Waals surface area (Å²) >= 11 is 0. The van der Waals surface area contributed by atoms with Crippen molar-refractivity contribution >= 4 is 22.5 Å². The summed E-state index contributed by atoms with van der Waals surface area (Å²) in [5, 5.41) is 4.40. The molecule has 2 N–H and O–H groups in total. The molecule has 1 saturated heterocycles. The summed E-state index contributed by atoms with van der Waals surface area (Å²) in [6.45, 7) is 1.13. The average Bonchev–Trinajstić information content (AvgIpc) is 3.09. The van der Waals surface area contributed by atoms with E-state index in [1.165, 1.54) is 12.1 Å². The SMILES string of the molecule is O=C(NC1CCN(c2ncccc2F)C1)c1cccc2cc(=O)[nH]cc12. The van der Waals surface area contributed by atoms with Crippen molar-refractivity contribution in [1.82, 2.24) is 15.3 Å². The van der Waals surface area contributed by atoms with Gasteiger partial charge in [-0.25, -0.2) is 9.37 Å². The van der Waals surface area contributed by atoms with Crippen LogP contribution in [0, 0.1) is 5.82 Å². The van der Waals surface area contributed by atoms with Crippen LogP contribution in [0.2, 0.25) is 0 Å². The third-order valence-electron chi connectivity index (χ3n) is 4.59. The zero-order chi connectivity index (χ0) is 18.1. The first kappa shape index (κ1) is 16.3. The number of hydrogen-bond donors (Lipinski definition) is 2. The lowest BCUT2D eigenvalue weighted by molar-refractivity contribution is 0.0942. The minimum absolute atomic E-state index is 0.0954. The van der Waals surface area contributed by atoms with Crippen LogP contribution in [0.15, 0.2) is 53.6 Å². The van der Waals surface area contributed by atoms with Crippen molar-refractivity contribution < 1.29 is 9.18 Å². The number of anilines is 1. The zero-order valence-corrected chi connectivity index (χ0v) is 13.9. The number of pyridine rings is 2. The molecule has 1 atom stereocenters. The van der Waals surface area contributed by atoms with Crippen molar-refractivity contribution in [3.63, 3.8) is 0 Å². The van der Waals surface area contributed by atoms with E-state index in [2.05, 4.69) is 15.3 Å². The maximum Gasteiger partial charge on any atom is 0.252 e. The number of fused-ring (bicyclic) bond motifs is 1. The van der Waals surface area contributed by atoms with E-state index < -0.39 is 0 Å². The topological polar surface area (TPSA) is 78.1 Å². The van der Waals surface area contributed by atoms with Crippen molar-refractivity contribution in [2.24, 2.45) is 0 Å². The number of amides is 1. The molecular weight excluding hydrogens is 335 g/mol. The molecule has 1 aromatic carbocycles. The summed E-state index contributed by atoms with van der Waals surface area (Å²) in [5.74, 6) is -0.263. The molecule has 4 rings (SSSR count). The van der Waals surface area contributed by atoms with Crippen LogP contribution in [0.4, 0.5) is 10.2 Å². The summed E-state index contributed by atoms with van der Waals surface area (Å²) in [5.41, 5.74) is 0.292. The van der Waals surface area contributed by atoms with Crippen molar-refractivity contribution in [2.45, 2.75) is 12.5 Å². The van der Waals surface area contributed by atoms with Crippen LogP contribution in [-0.2, 0) is 0 Å². The van der Waals surface area contributed by atoms with Crippen LogP contribution in [0.25, 0.3) is 10.8 Å². The second-order valence-corrected chi connectivity index (χ2v) is 6.32. The fourth-order valence-electron chi connectivity index (χ4n) is 3.34. The third kappa shape index (κ3) is 3.03. The Morgan fingerprint density at radius 1 is 1.31 bits per heavy atom. The number of nitrogens with zero attached hydrogens (tertiary/aromatic N) is 2. The van der Waals surface area contributed by atoms with E-state index >= 15 is 0 Å². The Morgan fingerprint density at radius 3 is 3.04 bits per heavy atom. The molecule has 1 fully saturated rings. The van der Waals surface area contributed by atoms with Crippen LogP contribution in [-0.4, -0.2) is 35.0 Å². The number of H-pyrrole nitrogens is 1. The molecule has 26 heavy (non-hydrogen) atoms. The number of rotatable bonds is 3. The van der Waals surface area contributed by atoms with Crippen LogP contribution < -0.4 is 15.8 Å². The highest BCUT2D eigenvalue weighted by molar-refractivity contribution is 6.06. The van der Waals surface area contributed by atoms with Crippen LogP contribution in [0.1, 0.15) is 16.8 Å². The normalized spacial score (nSPS) is 16.8. The summed E-state index contributed by atoms with van der Waals surface area (Å²) in [6, 6.07) is 9.57. The first-order valence-corrected chi connectivity index (χ1v) is 8.39. The van der Waals surface area contributed by atoms with E-state index in [4.69, 9.17) is 0 Å². The number of hydrogen-bond acceptors (Lipinski definition) is 4. The Hall–Kier alpha value is -3.22. The summed E-state index contributed by atoms with van der Waals surface area (Å²) in [6.07, 6.45) is 3.82. The Balaban J connectivity index is 1.51. The summed E-state index contributed by atoms with van der Waals surface area (Å²) < 4.78 is 13.9. The highest BCUT2D eigenvalue weighted by Gasteiger charge is 2.27. The number of carbonyl (C=O) groups excluding carboxylic acids is 1. The molecule has 6 nitrogen and oxygen atoms in total. The lowest BCUT2D eigenvalue weighted by Gasteiger charge is -2.18. The number of halogens is 1. The third-order valence-corrected chi connectivity index (χ3v) is 4.59. The highest BCUT2D eigenvalue weighted by atomic mass is 19.1. The fourth-order valence-corrected chi connectivity index (χ4v) is 3.34. The van der Waals surface area contributed by atoms with E-state index in [0.29, 0.717) is 41.7 Å². The zero-order valence-electron chi connectivity index (χ0n) is 13.9. The Bertz CT molecular complexity index is 1030. The largest absolute Gasteiger partial charge is 0.352 e. The van der Waals surface area contributed by atoms with Gasteiger partial charge in [0.1, 0.15) is 0 Å². The molecule has 0 aliphatic carbocycles. The van der Waals surface area contributed by atoms with E-state index in [-0.39, 0.29) is 23.3 Å². The second-order valence-electron chi connectivity index (χ2n) is 6.32. The maximum atomic E-state index is 13.9. The Morgan fingerprint density at radius 2 is 2.19 bits per heavy atom. The minimum atomic E-state index is -0.363. The molecule has 1 amide bonds. The monoisotopic (exact) mass is 352 g/mol. The van der Waals surface area contributed by atoms with Gasteiger partial charge in [-0.15, -0.1) is 0 Å². The first-order chi connectivity index (χ1) is 12.6. The molecule has 7 heteroatoms. The van der Waals surface area contributed by atoms with Crippen molar-refractivity contribution in [3.05, 3.63) is 70.5 Å². The van der Waals surface area contributed by atoms with E-state index in [1.54, 1.807) is 36.7 Å². The lowest BCUT2D eigenvalue weighted by Crippen LogP contribution is -2.37. The predicted octanol–water partition coefficient (Wildman–Crippen LogP) is 2.07. The van der Waals surface area contributed by atoms with Gasteiger partial charge >= 0.3 is 0 Å². The molecule has 3 heterocycles. The van der Waals surface area contributed by atoms with Crippen molar-refractivity contribution in [1.29, 1.82) is 0 Å².